The van der Waals surface area contributed by atoms with E-state index in [0.717, 1.165) is 10.0 Å². The van der Waals surface area contributed by atoms with E-state index in [9.17, 15) is 4.79 Å². The molecule has 5 heteroatoms. The van der Waals surface area contributed by atoms with E-state index in [2.05, 4.69) is 26.2 Å². The zero-order valence-electron chi connectivity index (χ0n) is 9.04. The monoisotopic (exact) mass is 271 g/mol. The van der Waals surface area contributed by atoms with Crippen LogP contribution in [0.3, 0.4) is 0 Å². The van der Waals surface area contributed by atoms with Gasteiger partial charge in [-0.15, -0.1) is 0 Å². The molecule has 15 heavy (non-hydrogen) atoms. The standard InChI is InChI=1S/C10H14BrN3O/c1-7-4-8(11)5-12-10(7)13-9(15)6-14(2)3/h4-5H,6H2,1-3H3,(H,12,13,15). The van der Waals surface area contributed by atoms with Crippen LogP contribution in [0.5, 0.6) is 0 Å². The molecule has 0 fully saturated rings. The third-order valence-corrected chi connectivity index (χ3v) is 2.20. The van der Waals surface area contributed by atoms with Crippen LogP contribution in [0.25, 0.3) is 0 Å². The highest BCUT2D eigenvalue weighted by atomic mass is 79.9. The van der Waals surface area contributed by atoms with Gasteiger partial charge in [0.2, 0.25) is 5.91 Å². The van der Waals surface area contributed by atoms with Crippen LogP contribution in [0.2, 0.25) is 0 Å². The maximum absolute atomic E-state index is 11.5. The number of anilines is 1. The van der Waals surface area contributed by atoms with Crippen LogP contribution in [0.1, 0.15) is 5.56 Å². The summed E-state index contributed by atoms with van der Waals surface area (Å²) in [5.74, 6) is 0.558. The van der Waals surface area contributed by atoms with E-state index >= 15 is 0 Å². The first-order valence-electron chi connectivity index (χ1n) is 4.56. The van der Waals surface area contributed by atoms with Crippen molar-refractivity contribution in [1.82, 2.24) is 9.88 Å². The van der Waals surface area contributed by atoms with Crippen molar-refractivity contribution < 1.29 is 4.79 Å². The van der Waals surface area contributed by atoms with E-state index in [1.165, 1.54) is 0 Å². The molecule has 1 heterocycles. The number of carbonyl (C=O) groups excluding carboxylic acids is 1. The maximum atomic E-state index is 11.5. The first-order chi connectivity index (χ1) is 6.99. The second kappa shape index (κ2) is 5.23. The lowest BCUT2D eigenvalue weighted by atomic mass is 10.3. The quantitative estimate of drug-likeness (QED) is 0.910. The summed E-state index contributed by atoms with van der Waals surface area (Å²) < 4.78 is 0.908. The average molecular weight is 272 g/mol. The molecule has 0 radical (unpaired) electrons. The molecule has 1 aromatic rings. The second-order valence-corrected chi connectivity index (χ2v) is 4.52. The Kier molecular flexibility index (Phi) is 4.23. The van der Waals surface area contributed by atoms with Gasteiger partial charge >= 0.3 is 0 Å². The van der Waals surface area contributed by atoms with Gasteiger partial charge in [-0.1, -0.05) is 0 Å². The third kappa shape index (κ3) is 3.97. The Labute approximate surface area is 97.8 Å². The van der Waals surface area contributed by atoms with Crippen molar-refractivity contribution in [3.05, 3.63) is 22.3 Å². The van der Waals surface area contributed by atoms with Crippen molar-refractivity contribution in [2.24, 2.45) is 0 Å². The van der Waals surface area contributed by atoms with Gasteiger partial charge in [-0.25, -0.2) is 4.98 Å². The Bertz CT molecular complexity index is 366. The van der Waals surface area contributed by atoms with E-state index in [1.54, 1.807) is 6.20 Å². The molecule has 1 rings (SSSR count). The van der Waals surface area contributed by atoms with Crippen LogP contribution in [0.4, 0.5) is 5.82 Å². The molecular weight excluding hydrogens is 258 g/mol. The number of aryl methyl sites for hydroxylation is 1. The molecule has 0 saturated carbocycles. The fourth-order valence-electron chi connectivity index (χ4n) is 1.13. The van der Waals surface area contributed by atoms with Gasteiger partial charge in [0.15, 0.2) is 0 Å². The Morgan fingerprint density at radius 3 is 2.80 bits per heavy atom. The Hall–Kier alpha value is -0.940. The van der Waals surface area contributed by atoms with Crippen LogP contribution in [0.15, 0.2) is 16.7 Å². The lowest BCUT2D eigenvalue weighted by Gasteiger charge is -2.11. The molecule has 0 aromatic carbocycles. The normalized spacial score (nSPS) is 10.5. The molecule has 1 N–H and O–H groups in total. The molecular formula is C10H14BrN3O. The summed E-state index contributed by atoms with van der Waals surface area (Å²) in [5, 5.41) is 2.76. The highest BCUT2D eigenvalue weighted by Crippen LogP contribution is 2.16. The number of halogens is 1. The van der Waals surface area contributed by atoms with E-state index in [4.69, 9.17) is 0 Å². The van der Waals surface area contributed by atoms with Gasteiger partial charge in [-0.05, 0) is 48.6 Å². The molecule has 0 spiro atoms. The van der Waals surface area contributed by atoms with Gasteiger partial charge < -0.3 is 10.2 Å². The summed E-state index contributed by atoms with van der Waals surface area (Å²) in [6.45, 7) is 2.26. The van der Waals surface area contributed by atoms with Gasteiger partial charge in [-0.3, -0.25) is 4.79 Å². The Morgan fingerprint density at radius 1 is 1.60 bits per heavy atom. The lowest BCUT2D eigenvalue weighted by Crippen LogP contribution is -2.27. The third-order valence-electron chi connectivity index (χ3n) is 1.76. The van der Waals surface area contributed by atoms with Crippen molar-refractivity contribution in [1.29, 1.82) is 0 Å². The zero-order valence-corrected chi connectivity index (χ0v) is 10.6. The molecule has 0 aliphatic carbocycles. The number of nitrogens with one attached hydrogen (secondary N) is 1. The number of amides is 1. The molecule has 4 nitrogen and oxygen atoms in total. The molecule has 1 aromatic heterocycles. The van der Waals surface area contributed by atoms with E-state index < -0.39 is 0 Å². The van der Waals surface area contributed by atoms with Gasteiger partial charge in [-0.2, -0.15) is 0 Å². The average Bonchev–Trinajstić information content (AvgIpc) is 2.08. The van der Waals surface area contributed by atoms with Crippen LogP contribution >= 0.6 is 15.9 Å². The number of hydrogen-bond acceptors (Lipinski definition) is 3. The molecule has 0 aliphatic heterocycles. The molecule has 0 unspecified atom stereocenters. The molecule has 0 saturated heterocycles. The number of rotatable bonds is 3. The first kappa shape index (κ1) is 12.1. The minimum absolute atomic E-state index is 0.0575. The van der Waals surface area contributed by atoms with E-state index in [1.807, 2.05) is 32.0 Å². The summed E-state index contributed by atoms with van der Waals surface area (Å²) >= 11 is 3.32. The highest BCUT2D eigenvalue weighted by Gasteiger charge is 2.06. The predicted molar refractivity (Wildman–Crippen MR) is 63.9 cm³/mol. The summed E-state index contributed by atoms with van der Waals surface area (Å²) in [4.78, 5) is 17.4. The maximum Gasteiger partial charge on any atom is 0.239 e. The second-order valence-electron chi connectivity index (χ2n) is 3.60. The Morgan fingerprint density at radius 2 is 2.27 bits per heavy atom. The largest absolute Gasteiger partial charge is 0.309 e. The minimum atomic E-state index is -0.0575. The summed E-state index contributed by atoms with van der Waals surface area (Å²) in [6, 6.07) is 1.91. The number of nitrogens with zero attached hydrogens (tertiary/aromatic N) is 2. The van der Waals surface area contributed by atoms with Crippen LogP contribution < -0.4 is 5.32 Å². The van der Waals surface area contributed by atoms with Crippen molar-refractivity contribution in [2.75, 3.05) is 26.0 Å². The highest BCUT2D eigenvalue weighted by molar-refractivity contribution is 9.10. The van der Waals surface area contributed by atoms with Crippen LogP contribution in [-0.2, 0) is 4.79 Å². The fraction of sp³-hybridized carbons (Fsp3) is 0.400. The molecule has 0 aliphatic rings. The number of likely N-dealkylation sites (N-methyl/N-ethyl adjacent to an activating group) is 1. The smallest absolute Gasteiger partial charge is 0.239 e. The summed E-state index contributed by atoms with van der Waals surface area (Å²) in [7, 11) is 3.70. The summed E-state index contributed by atoms with van der Waals surface area (Å²) in [5.41, 5.74) is 0.941. The molecule has 0 atom stereocenters. The predicted octanol–water partition coefficient (Wildman–Crippen LogP) is 1.65. The topological polar surface area (TPSA) is 45.2 Å². The minimum Gasteiger partial charge on any atom is -0.309 e. The van der Waals surface area contributed by atoms with E-state index in [0.29, 0.717) is 12.4 Å². The SMILES string of the molecule is Cc1cc(Br)cnc1NC(=O)CN(C)C. The number of hydrogen-bond donors (Lipinski definition) is 1. The molecule has 1 amide bonds. The zero-order chi connectivity index (χ0) is 11.4. The molecule has 82 valence electrons. The van der Waals surface area contributed by atoms with Crippen molar-refractivity contribution in [3.8, 4) is 0 Å². The molecule has 0 bridgehead atoms. The Balaban J connectivity index is 2.68. The fourth-order valence-corrected chi connectivity index (χ4v) is 1.58. The van der Waals surface area contributed by atoms with Crippen LogP contribution in [-0.4, -0.2) is 36.4 Å². The van der Waals surface area contributed by atoms with Gasteiger partial charge in [0.05, 0.1) is 6.54 Å². The van der Waals surface area contributed by atoms with Gasteiger partial charge in [0.1, 0.15) is 5.82 Å². The van der Waals surface area contributed by atoms with Crippen molar-refractivity contribution >= 4 is 27.7 Å². The van der Waals surface area contributed by atoms with Gasteiger partial charge in [0, 0.05) is 10.7 Å². The number of aromatic nitrogens is 1. The summed E-state index contributed by atoms with van der Waals surface area (Å²) in [6.07, 6.45) is 1.66. The van der Waals surface area contributed by atoms with Crippen molar-refractivity contribution in [2.45, 2.75) is 6.92 Å². The van der Waals surface area contributed by atoms with E-state index in [-0.39, 0.29) is 5.91 Å². The first-order valence-corrected chi connectivity index (χ1v) is 5.35. The van der Waals surface area contributed by atoms with Gasteiger partial charge in [0.25, 0.3) is 0 Å². The van der Waals surface area contributed by atoms with Crippen LogP contribution in [0, 0.1) is 6.92 Å². The number of carbonyl (C=O) groups is 1. The van der Waals surface area contributed by atoms with Crippen molar-refractivity contribution in [3.63, 3.8) is 0 Å². The number of pyridine rings is 1. The lowest BCUT2D eigenvalue weighted by molar-refractivity contribution is -0.116.